The predicted molar refractivity (Wildman–Crippen MR) is 116 cm³/mol. The van der Waals surface area contributed by atoms with Gasteiger partial charge < -0.3 is 15.0 Å². The van der Waals surface area contributed by atoms with E-state index in [-0.39, 0.29) is 23.8 Å². The van der Waals surface area contributed by atoms with Crippen molar-refractivity contribution in [2.75, 3.05) is 11.1 Å². The van der Waals surface area contributed by atoms with E-state index in [0.717, 1.165) is 23.2 Å². The summed E-state index contributed by atoms with van der Waals surface area (Å²) in [6.45, 7) is 4.20. The van der Waals surface area contributed by atoms with Crippen LogP contribution in [0.2, 0.25) is 0 Å². The first-order valence-electron chi connectivity index (χ1n) is 9.34. The van der Waals surface area contributed by atoms with Gasteiger partial charge in [-0.3, -0.25) is 9.59 Å². The minimum Gasteiger partial charge on any atom is -0.487 e. The van der Waals surface area contributed by atoms with E-state index < -0.39 is 0 Å². The summed E-state index contributed by atoms with van der Waals surface area (Å²) in [5.41, 5.74) is 3.20. The average molecular weight is 410 g/mol. The normalized spacial score (nSPS) is 10.6. The molecule has 0 aliphatic rings. The molecule has 0 unspecified atom stereocenters. The van der Waals surface area contributed by atoms with Crippen LogP contribution in [0.1, 0.15) is 23.7 Å². The summed E-state index contributed by atoms with van der Waals surface area (Å²) in [5, 5.41) is 3.36. The van der Waals surface area contributed by atoms with Gasteiger partial charge >= 0.3 is 0 Å². The number of aromatic amines is 1. The van der Waals surface area contributed by atoms with Crippen molar-refractivity contribution in [3.63, 3.8) is 0 Å². The Kier molecular flexibility index (Phi) is 7.08. The number of thioether (sulfide) groups is 1. The zero-order valence-electron chi connectivity index (χ0n) is 16.4. The Labute approximate surface area is 173 Å². The van der Waals surface area contributed by atoms with Crippen LogP contribution in [0, 0.1) is 6.92 Å². The molecule has 0 saturated carbocycles. The Bertz CT molecular complexity index is 1030. The number of aryl methyl sites for hydroxylation is 2. The number of carbonyl (C=O) groups excluding carboxylic acids is 1. The molecule has 1 amide bonds. The van der Waals surface area contributed by atoms with E-state index in [4.69, 9.17) is 4.74 Å². The molecule has 3 aromatic rings. The van der Waals surface area contributed by atoms with E-state index in [0.29, 0.717) is 16.6 Å². The highest BCUT2D eigenvalue weighted by molar-refractivity contribution is 7.99. The van der Waals surface area contributed by atoms with Crippen LogP contribution in [0.4, 0.5) is 5.69 Å². The lowest BCUT2D eigenvalue weighted by molar-refractivity contribution is -0.113. The lowest BCUT2D eigenvalue weighted by atomic mass is 10.1. The molecule has 2 N–H and O–H groups in total. The number of carbonyl (C=O) groups is 1. The number of para-hydroxylation sites is 2. The van der Waals surface area contributed by atoms with Crippen molar-refractivity contribution in [2.45, 2.75) is 32.0 Å². The molecule has 0 fully saturated rings. The lowest BCUT2D eigenvalue weighted by Crippen LogP contribution is -2.17. The summed E-state index contributed by atoms with van der Waals surface area (Å²) < 4.78 is 5.64. The van der Waals surface area contributed by atoms with Crippen LogP contribution in [0.25, 0.3) is 0 Å². The van der Waals surface area contributed by atoms with E-state index in [9.17, 15) is 9.59 Å². The number of hydrogen-bond acceptors (Lipinski definition) is 5. The van der Waals surface area contributed by atoms with Crippen LogP contribution >= 0.6 is 11.8 Å². The number of aromatic nitrogens is 2. The summed E-state index contributed by atoms with van der Waals surface area (Å²) >= 11 is 1.18. The van der Waals surface area contributed by atoms with Crippen LogP contribution in [0.3, 0.4) is 0 Å². The van der Waals surface area contributed by atoms with Gasteiger partial charge in [-0.25, -0.2) is 4.98 Å². The summed E-state index contributed by atoms with van der Waals surface area (Å²) in [5.74, 6) is 0.698. The number of H-pyrrole nitrogens is 1. The van der Waals surface area contributed by atoms with Crippen LogP contribution < -0.4 is 15.6 Å². The summed E-state index contributed by atoms with van der Waals surface area (Å²) in [6.07, 6.45) is 0.836. The molecule has 29 heavy (non-hydrogen) atoms. The van der Waals surface area contributed by atoms with Gasteiger partial charge in [0.15, 0.2) is 5.16 Å². The molecule has 1 aromatic heterocycles. The van der Waals surface area contributed by atoms with E-state index in [1.807, 2.05) is 55.5 Å². The van der Waals surface area contributed by atoms with Gasteiger partial charge in [-0.2, -0.15) is 0 Å². The molecule has 0 bridgehead atoms. The molecule has 0 saturated heterocycles. The second-order valence-corrected chi connectivity index (χ2v) is 7.41. The van der Waals surface area contributed by atoms with Crippen LogP contribution in [-0.2, 0) is 17.8 Å². The number of rotatable bonds is 8. The maximum atomic E-state index is 12.4. The van der Waals surface area contributed by atoms with Crippen LogP contribution in [0.5, 0.6) is 5.75 Å². The van der Waals surface area contributed by atoms with Gasteiger partial charge in [-0.05, 0) is 36.6 Å². The Balaban J connectivity index is 1.61. The van der Waals surface area contributed by atoms with Gasteiger partial charge in [-0.15, -0.1) is 0 Å². The quantitative estimate of drug-likeness (QED) is 0.435. The monoisotopic (exact) mass is 409 g/mol. The van der Waals surface area contributed by atoms with Crippen LogP contribution in [0.15, 0.2) is 64.5 Å². The maximum absolute atomic E-state index is 12.4. The Morgan fingerprint density at radius 3 is 2.72 bits per heavy atom. The summed E-state index contributed by atoms with van der Waals surface area (Å²) in [7, 11) is 0. The van der Waals surface area contributed by atoms with E-state index in [1.54, 1.807) is 0 Å². The highest BCUT2D eigenvalue weighted by Gasteiger charge is 2.11. The lowest BCUT2D eigenvalue weighted by Gasteiger charge is -2.12. The first-order chi connectivity index (χ1) is 14.0. The number of nitrogens with zero attached hydrogens (tertiary/aromatic N) is 1. The number of ether oxygens (including phenoxy) is 1. The Hall–Kier alpha value is -3.06. The smallest absolute Gasteiger partial charge is 0.251 e. The first-order valence-corrected chi connectivity index (χ1v) is 10.3. The fourth-order valence-electron chi connectivity index (χ4n) is 2.81. The molecule has 0 aliphatic heterocycles. The zero-order valence-corrected chi connectivity index (χ0v) is 17.2. The molecular weight excluding hydrogens is 386 g/mol. The third-order valence-electron chi connectivity index (χ3n) is 4.25. The largest absolute Gasteiger partial charge is 0.487 e. The van der Waals surface area contributed by atoms with Gasteiger partial charge in [0.05, 0.1) is 11.4 Å². The first kappa shape index (κ1) is 20.7. The number of benzene rings is 2. The zero-order chi connectivity index (χ0) is 20.6. The second-order valence-electron chi connectivity index (χ2n) is 6.44. The van der Waals surface area contributed by atoms with Gasteiger partial charge in [0, 0.05) is 11.8 Å². The SMILES string of the molecule is CCc1cccc(C)c1NC(=O)CSc1nc(COc2ccccc2)cc(=O)[nH]1. The third-order valence-corrected chi connectivity index (χ3v) is 5.12. The predicted octanol–water partition coefficient (Wildman–Crippen LogP) is 3.95. The van der Waals surface area contributed by atoms with Crippen molar-refractivity contribution in [3.05, 3.63) is 81.8 Å². The third kappa shape index (κ3) is 5.96. The fourth-order valence-corrected chi connectivity index (χ4v) is 3.51. The van der Waals surface area contributed by atoms with Gasteiger partial charge in [0.25, 0.3) is 5.56 Å². The number of hydrogen-bond donors (Lipinski definition) is 2. The van der Waals surface area contributed by atoms with Crippen molar-refractivity contribution in [1.29, 1.82) is 0 Å². The highest BCUT2D eigenvalue weighted by atomic mass is 32.2. The molecule has 0 aliphatic carbocycles. The van der Waals surface area contributed by atoms with Crippen molar-refractivity contribution in [3.8, 4) is 5.75 Å². The Morgan fingerprint density at radius 2 is 1.97 bits per heavy atom. The second kappa shape index (κ2) is 9.93. The minimum absolute atomic E-state index is 0.142. The maximum Gasteiger partial charge on any atom is 0.251 e. The highest BCUT2D eigenvalue weighted by Crippen LogP contribution is 2.22. The number of amides is 1. The average Bonchev–Trinajstić information content (AvgIpc) is 2.72. The molecule has 1 heterocycles. The standard InChI is InChI=1S/C22H23N3O3S/c1-3-16-9-7-8-15(2)21(16)24-20(27)14-29-22-23-17(12-19(26)25-22)13-28-18-10-5-4-6-11-18/h4-12H,3,13-14H2,1-2H3,(H,24,27)(H,23,25,26). The summed E-state index contributed by atoms with van der Waals surface area (Å²) in [6, 6.07) is 16.7. The van der Waals surface area contributed by atoms with E-state index >= 15 is 0 Å². The van der Waals surface area contributed by atoms with Crippen molar-refractivity contribution in [1.82, 2.24) is 9.97 Å². The van der Waals surface area contributed by atoms with Gasteiger partial charge in [0.2, 0.25) is 5.91 Å². The minimum atomic E-state index is -0.276. The molecule has 6 nitrogen and oxygen atoms in total. The number of nitrogens with one attached hydrogen (secondary N) is 2. The van der Waals surface area contributed by atoms with Crippen molar-refractivity contribution in [2.24, 2.45) is 0 Å². The van der Waals surface area contributed by atoms with Crippen molar-refractivity contribution >= 4 is 23.4 Å². The molecule has 0 atom stereocenters. The molecule has 2 aromatic carbocycles. The fraction of sp³-hybridized carbons (Fsp3) is 0.227. The molecular formula is C22H23N3O3S. The van der Waals surface area contributed by atoms with E-state index in [2.05, 4.69) is 22.2 Å². The Morgan fingerprint density at radius 1 is 1.17 bits per heavy atom. The molecule has 7 heteroatoms. The molecule has 150 valence electrons. The molecule has 3 rings (SSSR count). The van der Waals surface area contributed by atoms with Crippen molar-refractivity contribution < 1.29 is 9.53 Å². The summed E-state index contributed by atoms with van der Waals surface area (Å²) in [4.78, 5) is 31.4. The number of anilines is 1. The topological polar surface area (TPSA) is 84.1 Å². The van der Waals surface area contributed by atoms with Gasteiger partial charge in [0.1, 0.15) is 12.4 Å². The van der Waals surface area contributed by atoms with Gasteiger partial charge in [-0.1, -0.05) is 55.1 Å². The van der Waals surface area contributed by atoms with Crippen LogP contribution in [-0.4, -0.2) is 21.6 Å². The molecule has 0 spiro atoms. The van der Waals surface area contributed by atoms with E-state index in [1.165, 1.54) is 17.8 Å². The molecule has 0 radical (unpaired) electrons.